The average molecular weight is 445 g/mol. The molecule has 6 heteroatoms. The van der Waals surface area contributed by atoms with Crippen molar-refractivity contribution in [3.63, 3.8) is 0 Å². The maximum atomic E-state index is 12.6. The number of anilines is 1. The first-order chi connectivity index (χ1) is 15.8. The molecule has 0 atom stereocenters. The van der Waals surface area contributed by atoms with E-state index in [2.05, 4.69) is 54.9 Å². The van der Waals surface area contributed by atoms with Gasteiger partial charge in [0, 0.05) is 31.7 Å². The van der Waals surface area contributed by atoms with Crippen LogP contribution in [0.4, 0.5) is 5.82 Å². The van der Waals surface area contributed by atoms with Gasteiger partial charge in [0.1, 0.15) is 5.75 Å². The monoisotopic (exact) mass is 444 g/mol. The Balaban J connectivity index is 1.32. The van der Waals surface area contributed by atoms with Crippen molar-refractivity contribution in [1.29, 1.82) is 0 Å². The molecule has 1 fully saturated rings. The number of amides is 1. The zero-order valence-electron chi connectivity index (χ0n) is 20.2. The van der Waals surface area contributed by atoms with E-state index in [-0.39, 0.29) is 12.5 Å². The number of hydrogen-bond donors (Lipinski definition) is 0. The fourth-order valence-electron chi connectivity index (χ4n) is 4.10. The van der Waals surface area contributed by atoms with E-state index in [1.807, 2.05) is 42.2 Å². The van der Waals surface area contributed by atoms with Crippen LogP contribution in [0.5, 0.6) is 5.75 Å². The molecule has 0 bridgehead atoms. The van der Waals surface area contributed by atoms with E-state index in [1.54, 1.807) is 0 Å². The lowest BCUT2D eigenvalue weighted by atomic mass is 9.99. The molecular weight excluding hydrogens is 412 g/mol. The van der Waals surface area contributed by atoms with Crippen LogP contribution in [-0.2, 0) is 4.79 Å². The fourth-order valence-corrected chi connectivity index (χ4v) is 4.10. The summed E-state index contributed by atoms with van der Waals surface area (Å²) in [6.07, 6.45) is 0. The van der Waals surface area contributed by atoms with Crippen molar-refractivity contribution in [1.82, 2.24) is 15.1 Å². The predicted octanol–water partition coefficient (Wildman–Crippen LogP) is 4.41. The summed E-state index contributed by atoms with van der Waals surface area (Å²) in [5, 5.41) is 8.97. The van der Waals surface area contributed by atoms with Gasteiger partial charge < -0.3 is 14.5 Å². The fraction of sp³-hybridized carbons (Fsp3) is 0.370. The first kappa shape index (κ1) is 22.8. The first-order valence-electron chi connectivity index (χ1n) is 11.5. The maximum Gasteiger partial charge on any atom is 0.260 e. The normalized spacial score (nSPS) is 13.8. The van der Waals surface area contributed by atoms with Crippen LogP contribution in [0.15, 0.2) is 42.5 Å². The molecule has 1 aliphatic heterocycles. The molecule has 3 aromatic rings. The van der Waals surface area contributed by atoms with Crippen LogP contribution in [0.3, 0.4) is 0 Å². The van der Waals surface area contributed by atoms with Crippen molar-refractivity contribution in [2.45, 2.75) is 34.6 Å². The van der Waals surface area contributed by atoms with E-state index < -0.39 is 0 Å². The Hall–Kier alpha value is -3.41. The highest BCUT2D eigenvalue weighted by atomic mass is 16.5. The molecule has 172 valence electrons. The van der Waals surface area contributed by atoms with Gasteiger partial charge in [-0.1, -0.05) is 12.1 Å². The third kappa shape index (κ3) is 5.16. The molecule has 33 heavy (non-hydrogen) atoms. The number of aryl methyl sites for hydroxylation is 5. The summed E-state index contributed by atoms with van der Waals surface area (Å²) < 4.78 is 5.72. The summed E-state index contributed by atoms with van der Waals surface area (Å²) >= 11 is 0. The van der Waals surface area contributed by atoms with Crippen LogP contribution >= 0.6 is 0 Å². The molecular formula is C27H32N4O2. The molecule has 0 aliphatic carbocycles. The van der Waals surface area contributed by atoms with E-state index in [1.165, 1.54) is 22.3 Å². The van der Waals surface area contributed by atoms with E-state index >= 15 is 0 Å². The van der Waals surface area contributed by atoms with Crippen molar-refractivity contribution in [3.05, 3.63) is 70.3 Å². The third-order valence-electron chi connectivity index (χ3n) is 6.56. The number of carbonyl (C=O) groups is 1. The summed E-state index contributed by atoms with van der Waals surface area (Å²) in [7, 11) is 0. The largest absolute Gasteiger partial charge is 0.484 e. The summed E-state index contributed by atoms with van der Waals surface area (Å²) in [5.41, 5.74) is 8.12. The number of carbonyl (C=O) groups excluding carboxylic acids is 1. The summed E-state index contributed by atoms with van der Waals surface area (Å²) in [6.45, 7) is 13.3. The number of nitrogens with zero attached hydrogens (tertiary/aromatic N) is 4. The molecule has 0 saturated carbocycles. The smallest absolute Gasteiger partial charge is 0.260 e. The molecule has 4 rings (SSSR count). The molecule has 1 amide bonds. The van der Waals surface area contributed by atoms with E-state index in [0.29, 0.717) is 13.1 Å². The second kappa shape index (κ2) is 9.61. The van der Waals surface area contributed by atoms with Crippen molar-refractivity contribution >= 4 is 11.7 Å². The van der Waals surface area contributed by atoms with E-state index in [0.717, 1.165) is 41.5 Å². The van der Waals surface area contributed by atoms with Crippen molar-refractivity contribution in [2.75, 3.05) is 37.7 Å². The Morgan fingerprint density at radius 2 is 1.48 bits per heavy atom. The second-order valence-electron chi connectivity index (χ2n) is 8.93. The van der Waals surface area contributed by atoms with E-state index in [4.69, 9.17) is 4.74 Å². The van der Waals surface area contributed by atoms with Gasteiger partial charge in [0.25, 0.3) is 5.91 Å². The van der Waals surface area contributed by atoms with Crippen LogP contribution in [0, 0.1) is 34.6 Å². The number of benzene rings is 2. The Labute approximate surface area is 196 Å². The van der Waals surface area contributed by atoms with Gasteiger partial charge in [0.15, 0.2) is 12.4 Å². The van der Waals surface area contributed by atoms with E-state index in [9.17, 15) is 4.79 Å². The predicted molar refractivity (Wildman–Crippen MR) is 132 cm³/mol. The number of aromatic nitrogens is 2. The molecule has 1 aliphatic rings. The van der Waals surface area contributed by atoms with Gasteiger partial charge in [-0.2, -0.15) is 0 Å². The Bertz CT molecular complexity index is 1150. The van der Waals surface area contributed by atoms with Crippen LogP contribution < -0.4 is 9.64 Å². The lowest BCUT2D eigenvalue weighted by molar-refractivity contribution is -0.133. The molecule has 1 aromatic heterocycles. The van der Waals surface area contributed by atoms with Crippen LogP contribution in [0.1, 0.15) is 27.8 Å². The average Bonchev–Trinajstić information content (AvgIpc) is 2.82. The van der Waals surface area contributed by atoms with Gasteiger partial charge in [-0.05, 0) is 92.8 Å². The lowest BCUT2D eigenvalue weighted by Gasteiger charge is -2.35. The van der Waals surface area contributed by atoms with Crippen LogP contribution in [0.25, 0.3) is 11.3 Å². The summed E-state index contributed by atoms with van der Waals surface area (Å²) in [4.78, 5) is 16.6. The van der Waals surface area contributed by atoms with Gasteiger partial charge in [-0.3, -0.25) is 4.79 Å². The molecule has 6 nitrogen and oxygen atoms in total. The highest BCUT2D eigenvalue weighted by molar-refractivity contribution is 5.78. The lowest BCUT2D eigenvalue weighted by Crippen LogP contribution is -2.50. The van der Waals surface area contributed by atoms with Crippen molar-refractivity contribution in [2.24, 2.45) is 0 Å². The number of hydrogen-bond acceptors (Lipinski definition) is 5. The van der Waals surface area contributed by atoms with Crippen LogP contribution in [-0.4, -0.2) is 53.8 Å². The Kier molecular flexibility index (Phi) is 6.63. The molecule has 1 saturated heterocycles. The first-order valence-corrected chi connectivity index (χ1v) is 11.5. The SMILES string of the molecule is Cc1ccc(OCC(=O)N2CCN(c3ccc(-c4cc(C)c(C)cc4C)nn3)CC2)cc1C. The zero-order chi connectivity index (χ0) is 23.5. The molecule has 0 spiro atoms. The zero-order valence-corrected chi connectivity index (χ0v) is 20.2. The van der Waals surface area contributed by atoms with Gasteiger partial charge in [-0.25, -0.2) is 0 Å². The number of ether oxygens (including phenoxy) is 1. The highest BCUT2D eigenvalue weighted by Crippen LogP contribution is 2.25. The highest BCUT2D eigenvalue weighted by Gasteiger charge is 2.22. The Morgan fingerprint density at radius 3 is 2.15 bits per heavy atom. The minimum absolute atomic E-state index is 0.0135. The van der Waals surface area contributed by atoms with Crippen LogP contribution in [0.2, 0.25) is 0 Å². The number of rotatable bonds is 5. The minimum Gasteiger partial charge on any atom is -0.484 e. The maximum absolute atomic E-state index is 12.6. The summed E-state index contributed by atoms with van der Waals surface area (Å²) in [5.74, 6) is 1.60. The quantitative estimate of drug-likeness (QED) is 0.583. The van der Waals surface area contributed by atoms with Crippen molar-refractivity contribution in [3.8, 4) is 17.0 Å². The van der Waals surface area contributed by atoms with Gasteiger partial charge in [0.05, 0.1) is 5.69 Å². The Morgan fingerprint density at radius 1 is 0.788 bits per heavy atom. The summed E-state index contributed by atoms with van der Waals surface area (Å²) in [6, 6.07) is 14.3. The molecule has 2 heterocycles. The van der Waals surface area contributed by atoms with Gasteiger partial charge >= 0.3 is 0 Å². The molecule has 0 radical (unpaired) electrons. The molecule has 2 aromatic carbocycles. The third-order valence-corrected chi connectivity index (χ3v) is 6.56. The van der Waals surface area contributed by atoms with Gasteiger partial charge in [-0.15, -0.1) is 10.2 Å². The molecule has 0 unspecified atom stereocenters. The van der Waals surface area contributed by atoms with Crippen molar-refractivity contribution < 1.29 is 9.53 Å². The molecule has 0 N–H and O–H groups in total. The topological polar surface area (TPSA) is 58.6 Å². The minimum atomic E-state index is 0.0135. The van der Waals surface area contributed by atoms with Gasteiger partial charge in [0.2, 0.25) is 0 Å². The number of piperazine rings is 1. The standard InChI is InChI=1S/C27H32N4O2/c1-18-6-7-23(15-20(18)3)33-17-27(32)31-12-10-30(11-13-31)26-9-8-25(28-29-26)24-16-21(4)19(2)14-22(24)5/h6-9,14-16H,10-13,17H2,1-5H3. The second-order valence-corrected chi connectivity index (χ2v) is 8.93.